The lowest BCUT2D eigenvalue weighted by atomic mass is 10.0. The third-order valence-electron chi connectivity index (χ3n) is 4.69. The maximum Gasteiger partial charge on any atom is 0.435 e. The SMILES string of the molecule is CCOc1ccc(NC(=O)c2sc3nc(N)c(C#N)c(-c4c(=O)o[nH][n+]4C)c3c2N)cc1. The second-order valence-electron chi connectivity index (χ2n) is 6.68. The number of rotatable bonds is 5. The molecule has 0 saturated carbocycles. The number of aryl methyl sites for hydroxylation is 1. The summed E-state index contributed by atoms with van der Waals surface area (Å²) in [6.45, 7) is 2.41. The number of carbonyl (C=O) groups is 1. The van der Waals surface area contributed by atoms with Crippen LogP contribution in [-0.2, 0) is 7.05 Å². The molecule has 1 amide bonds. The van der Waals surface area contributed by atoms with Gasteiger partial charge in [-0.2, -0.15) is 5.26 Å². The van der Waals surface area contributed by atoms with Crippen LogP contribution >= 0.6 is 11.3 Å². The fourth-order valence-electron chi connectivity index (χ4n) is 3.29. The molecule has 0 fully saturated rings. The predicted octanol–water partition coefficient (Wildman–Crippen LogP) is 1.76. The van der Waals surface area contributed by atoms with Gasteiger partial charge in [-0.1, -0.05) is 4.68 Å². The van der Waals surface area contributed by atoms with Gasteiger partial charge in [0.05, 0.1) is 23.2 Å². The van der Waals surface area contributed by atoms with Gasteiger partial charge in [0.25, 0.3) is 5.91 Å². The van der Waals surface area contributed by atoms with Crippen molar-refractivity contribution in [2.75, 3.05) is 23.4 Å². The molecule has 0 spiro atoms. The van der Waals surface area contributed by atoms with E-state index in [-0.39, 0.29) is 38.6 Å². The Labute approximate surface area is 184 Å². The maximum absolute atomic E-state index is 13.0. The number of aromatic nitrogens is 3. The lowest BCUT2D eigenvalue weighted by Crippen LogP contribution is -2.34. The molecule has 1 aromatic carbocycles. The molecule has 11 nitrogen and oxygen atoms in total. The van der Waals surface area contributed by atoms with Crippen LogP contribution in [0.4, 0.5) is 17.2 Å². The van der Waals surface area contributed by atoms with Crippen molar-refractivity contribution in [1.29, 1.82) is 5.26 Å². The van der Waals surface area contributed by atoms with E-state index < -0.39 is 11.5 Å². The zero-order chi connectivity index (χ0) is 23.0. The number of nitrogens with two attached hydrogens (primary N) is 2. The first-order valence-electron chi connectivity index (χ1n) is 9.39. The minimum absolute atomic E-state index is 0.0311. The standard InChI is InChI=1S/C20H17N7O4S/c1-3-30-10-6-4-9(5-7-10)24-18(28)16-14(22)13-12(15-20(29)31-26-27(15)2)11(8-21)17(23)25-19(13)32-16/h4-7H,3H2,1-2H3,(H5-,22,23,24,25,26,28,29)/p+1. The molecule has 0 bridgehead atoms. The highest BCUT2D eigenvalue weighted by Crippen LogP contribution is 2.41. The molecular formula is C20H18N7O4S+. The van der Waals surface area contributed by atoms with Crippen LogP contribution in [0.2, 0.25) is 0 Å². The zero-order valence-electron chi connectivity index (χ0n) is 17.1. The first-order valence-corrected chi connectivity index (χ1v) is 10.2. The molecule has 4 rings (SSSR count). The van der Waals surface area contributed by atoms with E-state index in [2.05, 4.69) is 15.6 Å². The van der Waals surface area contributed by atoms with Gasteiger partial charge >= 0.3 is 11.3 Å². The summed E-state index contributed by atoms with van der Waals surface area (Å²) in [4.78, 5) is 30.0. The number of benzene rings is 1. The number of fused-ring (bicyclic) bond motifs is 1. The summed E-state index contributed by atoms with van der Waals surface area (Å²) >= 11 is 1.00. The summed E-state index contributed by atoms with van der Waals surface area (Å²) in [5.74, 6) is 0.122. The number of anilines is 3. The maximum atomic E-state index is 13.0. The molecule has 0 unspecified atom stereocenters. The Morgan fingerprint density at radius 1 is 1.38 bits per heavy atom. The van der Waals surface area contributed by atoms with Crippen molar-refractivity contribution in [3.63, 3.8) is 0 Å². The molecule has 0 saturated heterocycles. The Balaban J connectivity index is 1.84. The molecule has 0 atom stereocenters. The van der Waals surface area contributed by atoms with E-state index in [4.69, 9.17) is 20.7 Å². The molecular weight excluding hydrogens is 434 g/mol. The molecule has 162 valence electrons. The van der Waals surface area contributed by atoms with Crippen molar-refractivity contribution in [3.8, 4) is 23.1 Å². The summed E-state index contributed by atoms with van der Waals surface area (Å²) in [6, 6.07) is 8.83. The molecule has 0 aliphatic heterocycles. The highest BCUT2D eigenvalue weighted by atomic mass is 32.1. The van der Waals surface area contributed by atoms with Crippen molar-refractivity contribution in [3.05, 3.63) is 45.1 Å². The molecule has 32 heavy (non-hydrogen) atoms. The molecule has 0 aliphatic rings. The van der Waals surface area contributed by atoms with E-state index in [1.165, 1.54) is 11.7 Å². The number of H-pyrrole nitrogens is 1. The van der Waals surface area contributed by atoms with Crippen LogP contribution in [0.5, 0.6) is 5.75 Å². The van der Waals surface area contributed by atoms with E-state index in [9.17, 15) is 14.9 Å². The Hall–Kier alpha value is -4.37. The zero-order valence-corrected chi connectivity index (χ0v) is 17.9. The summed E-state index contributed by atoms with van der Waals surface area (Å²) in [5, 5.41) is 15.1. The average molecular weight is 452 g/mol. The van der Waals surface area contributed by atoms with Crippen LogP contribution in [-0.4, -0.2) is 22.8 Å². The highest BCUT2D eigenvalue weighted by molar-refractivity contribution is 7.21. The predicted molar refractivity (Wildman–Crippen MR) is 118 cm³/mol. The Morgan fingerprint density at radius 3 is 2.69 bits per heavy atom. The van der Waals surface area contributed by atoms with Gasteiger partial charge in [0.1, 0.15) is 32.9 Å². The number of nitrogens with zero attached hydrogens (tertiary/aromatic N) is 3. The van der Waals surface area contributed by atoms with E-state index in [1.807, 2.05) is 13.0 Å². The van der Waals surface area contributed by atoms with Crippen molar-refractivity contribution >= 4 is 44.7 Å². The van der Waals surface area contributed by atoms with Crippen molar-refractivity contribution in [1.82, 2.24) is 10.3 Å². The van der Waals surface area contributed by atoms with Crippen LogP contribution < -0.4 is 31.8 Å². The number of amides is 1. The number of nitriles is 1. The van der Waals surface area contributed by atoms with Crippen molar-refractivity contribution in [2.24, 2.45) is 7.05 Å². The van der Waals surface area contributed by atoms with Crippen LogP contribution in [0.15, 0.2) is 33.6 Å². The number of aromatic amines is 1. The minimum Gasteiger partial charge on any atom is -0.494 e. The Morgan fingerprint density at radius 2 is 2.09 bits per heavy atom. The smallest absolute Gasteiger partial charge is 0.435 e. The van der Waals surface area contributed by atoms with Gasteiger partial charge < -0.3 is 21.5 Å². The van der Waals surface area contributed by atoms with Crippen LogP contribution in [0.3, 0.4) is 0 Å². The lowest BCUT2D eigenvalue weighted by molar-refractivity contribution is -0.730. The number of nitrogen functional groups attached to an aromatic ring is 2. The Bertz CT molecular complexity index is 1440. The largest absolute Gasteiger partial charge is 0.494 e. The highest BCUT2D eigenvalue weighted by Gasteiger charge is 2.32. The second-order valence-corrected chi connectivity index (χ2v) is 7.68. The van der Waals surface area contributed by atoms with Crippen molar-refractivity contribution < 1.29 is 18.7 Å². The van der Waals surface area contributed by atoms with Gasteiger partial charge in [-0.05, 0) is 36.5 Å². The summed E-state index contributed by atoms with van der Waals surface area (Å²) < 4.78 is 11.5. The Kier molecular flexibility index (Phi) is 5.25. The number of nitrogens with one attached hydrogen (secondary N) is 2. The first kappa shape index (κ1) is 20.9. The molecule has 0 aliphatic carbocycles. The number of hydrogen-bond acceptors (Lipinski definition) is 9. The fourth-order valence-corrected chi connectivity index (χ4v) is 4.30. The molecule has 12 heteroatoms. The van der Waals surface area contributed by atoms with Crippen LogP contribution in [0.25, 0.3) is 21.5 Å². The van der Waals surface area contributed by atoms with Gasteiger partial charge in [-0.3, -0.25) is 9.32 Å². The lowest BCUT2D eigenvalue weighted by Gasteiger charge is -2.07. The monoisotopic (exact) mass is 452 g/mol. The van der Waals surface area contributed by atoms with E-state index in [1.54, 1.807) is 24.3 Å². The number of pyridine rings is 1. The van der Waals surface area contributed by atoms with Crippen LogP contribution in [0, 0.1) is 11.3 Å². The third-order valence-corrected chi connectivity index (χ3v) is 5.78. The molecule has 0 radical (unpaired) electrons. The molecule has 6 N–H and O–H groups in total. The molecule has 3 aromatic heterocycles. The van der Waals surface area contributed by atoms with Gasteiger partial charge in [-0.15, -0.1) is 11.3 Å². The van der Waals surface area contributed by atoms with Crippen molar-refractivity contribution in [2.45, 2.75) is 6.92 Å². The van der Waals surface area contributed by atoms with Gasteiger partial charge in [0, 0.05) is 5.69 Å². The fraction of sp³-hybridized carbons (Fsp3) is 0.150. The topological polar surface area (TPSA) is 177 Å². The number of thiophene rings is 1. The summed E-state index contributed by atoms with van der Waals surface area (Å²) in [5.41, 5.74) is 12.3. The summed E-state index contributed by atoms with van der Waals surface area (Å²) in [7, 11) is 1.53. The van der Waals surface area contributed by atoms with Crippen LogP contribution in [0.1, 0.15) is 22.2 Å². The minimum atomic E-state index is -0.720. The number of carbonyl (C=O) groups excluding carboxylic acids is 1. The average Bonchev–Trinajstić information content (AvgIpc) is 3.27. The number of ether oxygens (including phenoxy) is 1. The van der Waals surface area contributed by atoms with E-state index in [0.717, 1.165) is 11.3 Å². The second kappa shape index (κ2) is 8.05. The number of hydrogen-bond donors (Lipinski definition) is 4. The molecule has 3 heterocycles. The van der Waals surface area contributed by atoms with E-state index in [0.29, 0.717) is 22.9 Å². The van der Waals surface area contributed by atoms with E-state index >= 15 is 0 Å². The van der Waals surface area contributed by atoms with Gasteiger partial charge in [-0.25, -0.2) is 9.78 Å². The van der Waals surface area contributed by atoms with Gasteiger partial charge in [0.15, 0.2) is 7.05 Å². The molecule has 4 aromatic rings. The first-order chi connectivity index (χ1) is 15.3. The third kappa shape index (κ3) is 3.40. The normalized spacial score (nSPS) is 10.8. The summed E-state index contributed by atoms with van der Waals surface area (Å²) in [6.07, 6.45) is 0. The van der Waals surface area contributed by atoms with Gasteiger partial charge in [0.2, 0.25) is 0 Å². The quantitative estimate of drug-likeness (QED) is 0.331.